The third kappa shape index (κ3) is 2.87. The molecule has 2 saturated heterocycles. The highest BCUT2D eigenvalue weighted by atomic mass is 32.2. The van der Waals surface area contributed by atoms with Crippen molar-refractivity contribution in [1.29, 1.82) is 0 Å². The highest BCUT2D eigenvalue weighted by molar-refractivity contribution is 7.89. The zero-order valence-electron chi connectivity index (χ0n) is 12.8. The van der Waals surface area contributed by atoms with E-state index in [0.717, 1.165) is 26.1 Å². The number of likely N-dealkylation sites (tertiary alicyclic amines) is 1. The van der Waals surface area contributed by atoms with E-state index in [-0.39, 0.29) is 5.41 Å². The smallest absolute Gasteiger partial charge is 0.243 e. The Bertz CT molecular complexity index is 592. The van der Waals surface area contributed by atoms with Crippen molar-refractivity contribution in [3.8, 4) is 0 Å². The van der Waals surface area contributed by atoms with Crippen LogP contribution in [0.5, 0.6) is 0 Å². The lowest BCUT2D eigenvalue weighted by atomic mass is 9.79. The van der Waals surface area contributed by atoms with Crippen LogP contribution >= 0.6 is 0 Å². The van der Waals surface area contributed by atoms with Gasteiger partial charge in [0.1, 0.15) is 0 Å². The third-order valence-electron chi connectivity index (χ3n) is 4.53. The summed E-state index contributed by atoms with van der Waals surface area (Å²) in [5, 5.41) is 0. The Morgan fingerprint density at radius 1 is 1.14 bits per heavy atom. The highest BCUT2D eigenvalue weighted by Gasteiger charge is 2.50. The summed E-state index contributed by atoms with van der Waals surface area (Å²) in [6.07, 6.45) is 0.994. The molecule has 5 heteroatoms. The Balaban J connectivity index is 1.66. The van der Waals surface area contributed by atoms with Crippen LogP contribution in [0.2, 0.25) is 0 Å². The first-order chi connectivity index (χ1) is 9.91. The van der Waals surface area contributed by atoms with E-state index >= 15 is 0 Å². The summed E-state index contributed by atoms with van der Waals surface area (Å²) in [6.45, 7) is 9.01. The molecule has 0 radical (unpaired) electrons. The van der Waals surface area contributed by atoms with Gasteiger partial charge in [0.15, 0.2) is 0 Å². The molecular formula is C16H24N2O2S. The molecule has 2 fully saturated rings. The molecule has 0 saturated carbocycles. The Kier molecular flexibility index (Phi) is 3.84. The Morgan fingerprint density at radius 3 is 2.43 bits per heavy atom. The van der Waals surface area contributed by atoms with Crippen LogP contribution in [-0.2, 0) is 10.0 Å². The Hall–Kier alpha value is -0.910. The van der Waals surface area contributed by atoms with Gasteiger partial charge in [-0.3, -0.25) is 0 Å². The molecule has 0 amide bonds. The predicted octanol–water partition coefficient (Wildman–Crippen LogP) is 2.04. The van der Waals surface area contributed by atoms with Crippen LogP contribution in [-0.4, -0.2) is 50.3 Å². The fourth-order valence-electron chi connectivity index (χ4n) is 3.65. The number of rotatable bonds is 4. The number of hydrogen-bond donors (Lipinski definition) is 0. The summed E-state index contributed by atoms with van der Waals surface area (Å²) in [7, 11) is -3.31. The van der Waals surface area contributed by atoms with Crippen LogP contribution in [0.1, 0.15) is 20.3 Å². The van der Waals surface area contributed by atoms with Gasteiger partial charge in [-0.15, -0.1) is 0 Å². The maximum Gasteiger partial charge on any atom is 0.243 e. The van der Waals surface area contributed by atoms with Gasteiger partial charge in [-0.25, -0.2) is 8.42 Å². The second kappa shape index (κ2) is 5.38. The van der Waals surface area contributed by atoms with E-state index in [9.17, 15) is 8.42 Å². The van der Waals surface area contributed by atoms with Gasteiger partial charge < -0.3 is 4.90 Å². The second-order valence-electron chi connectivity index (χ2n) is 6.97. The van der Waals surface area contributed by atoms with Gasteiger partial charge in [-0.2, -0.15) is 4.31 Å². The molecule has 2 aliphatic heterocycles. The Labute approximate surface area is 127 Å². The van der Waals surface area contributed by atoms with Crippen molar-refractivity contribution in [1.82, 2.24) is 9.21 Å². The molecule has 116 valence electrons. The molecule has 1 spiro atoms. The molecule has 0 aliphatic carbocycles. The second-order valence-corrected chi connectivity index (χ2v) is 8.90. The zero-order valence-corrected chi connectivity index (χ0v) is 13.6. The minimum Gasteiger partial charge on any atom is -0.302 e. The first-order valence-corrected chi connectivity index (χ1v) is 9.13. The maximum absolute atomic E-state index is 12.6. The molecule has 1 aromatic carbocycles. The van der Waals surface area contributed by atoms with Gasteiger partial charge in [-0.05, 0) is 24.5 Å². The number of nitrogens with zero attached hydrogens (tertiary/aromatic N) is 2. The number of hydrogen-bond acceptors (Lipinski definition) is 3. The monoisotopic (exact) mass is 308 g/mol. The topological polar surface area (TPSA) is 40.6 Å². The van der Waals surface area contributed by atoms with Gasteiger partial charge in [0, 0.05) is 38.1 Å². The maximum atomic E-state index is 12.6. The highest BCUT2D eigenvalue weighted by Crippen LogP contribution is 2.41. The normalized spacial score (nSPS) is 22.8. The van der Waals surface area contributed by atoms with Gasteiger partial charge in [-0.1, -0.05) is 32.0 Å². The van der Waals surface area contributed by atoms with Crippen molar-refractivity contribution in [2.45, 2.75) is 25.2 Å². The Morgan fingerprint density at radius 2 is 1.81 bits per heavy atom. The van der Waals surface area contributed by atoms with E-state index < -0.39 is 10.0 Å². The van der Waals surface area contributed by atoms with Crippen LogP contribution in [0.4, 0.5) is 0 Å². The van der Waals surface area contributed by atoms with E-state index in [1.807, 2.05) is 6.07 Å². The minimum absolute atomic E-state index is 0.205. The molecule has 0 unspecified atom stereocenters. The molecule has 3 rings (SSSR count). The number of benzene rings is 1. The van der Waals surface area contributed by atoms with E-state index in [4.69, 9.17) is 0 Å². The van der Waals surface area contributed by atoms with Crippen LogP contribution in [0.15, 0.2) is 35.2 Å². The fourth-order valence-corrected chi connectivity index (χ4v) is 5.22. The first kappa shape index (κ1) is 15.0. The number of sulfonamides is 1. The van der Waals surface area contributed by atoms with Crippen molar-refractivity contribution < 1.29 is 8.42 Å². The van der Waals surface area contributed by atoms with Gasteiger partial charge in [0.25, 0.3) is 0 Å². The average Bonchev–Trinajstić information content (AvgIpc) is 2.85. The van der Waals surface area contributed by atoms with Gasteiger partial charge in [0.05, 0.1) is 4.90 Å². The van der Waals surface area contributed by atoms with Crippen molar-refractivity contribution in [2.75, 3.05) is 32.7 Å². The third-order valence-corrected chi connectivity index (χ3v) is 6.39. The molecule has 2 aliphatic rings. The van der Waals surface area contributed by atoms with Gasteiger partial charge in [0.2, 0.25) is 10.0 Å². The molecule has 0 bridgehead atoms. The summed E-state index contributed by atoms with van der Waals surface area (Å²) in [6, 6.07) is 8.79. The molecular weight excluding hydrogens is 284 g/mol. The summed E-state index contributed by atoms with van der Waals surface area (Å²) >= 11 is 0. The van der Waals surface area contributed by atoms with Crippen LogP contribution in [0.3, 0.4) is 0 Å². The fraction of sp³-hybridized carbons (Fsp3) is 0.625. The molecule has 4 nitrogen and oxygen atoms in total. The van der Waals surface area contributed by atoms with Crippen molar-refractivity contribution in [3.05, 3.63) is 30.3 Å². The molecule has 0 aromatic heterocycles. The van der Waals surface area contributed by atoms with Crippen molar-refractivity contribution >= 4 is 10.0 Å². The van der Waals surface area contributed by atoms with Crippen molar-refractivity contribution in [3.63, 3.8) is 0 Å². The molecule has 2 heterocycles. The standard InChI is InChI=1S/C16H24N2O2S/c1-14(2)10-17-11-16(12-17)8-9-18(13-16)21(19,20)15-6-4-3-5-7-15/h3-7,14H,8-13H2,1-2H3. The molecule has 0 N–H and O–H groups in total. The van der Waals surface area contributed by atoms with E-state index in [1.165, 1.54) is 0 Å². The minimum atomic E-state index is -3.31. The SMILES string of the molecule is CC(C)CN1CC2(CCN(S(=O)(=O)c3ccccc3)C2)C1. The zero-order chi connectivity index (χ0) is 15.1. The average molecular weight is 308 g/mol. The quantitative estimate of drug-likeness (QED) is 0.854. The van der Waals surface area contributed by atoms with Crippen LogP contribution in [0, 0.1) is 11.3 Å². The van der Waals surface area contributed by atoms with Crippen LogP contribution < -0.4 is 0 Å². The molecule has 1 aromatic rings. The molecule has 21 heavy (non-hydrogen) atoms. The van der Waals surface area contributed by atoms with E-state index in [1.54, 1.807) is 28.6 Å². The lowest BCUT2D eigenvalue weighted by Gasteiger charge is -2.48. The summed E-state index contributed by atoms with van der Waals surface area (Å²) < 4.78 is 26.9. The summed E-state index contributed by atoms with van der Waals surface area (Å²) in [4.78, 5) is 2.86. The summed E-state index contributed by atoms with van der Waals surface area (Å²) in [5.74, 6) is 0.674. The first-order valence-electron chi connectivity index (χ1n) is 7.69. The molecule has 0 atom stereocenters. The largest absolute Gasteiger partial charge is 0.302 e. The summed E-state index contributed by atoms with van der Waals surface area (Å²) in [5.41, 5.74) is 0.205. The van der Waals surface area contributed by atoms with Crippen LogP contribution in [0.25, 0.3) is 0 Å². The lowest BCUT2D eigenvalue weighted by Crippen LogP contribution is -2.58. The van der Waals surface area contributed by atoms with E-state index in [2.05, 4.69) is 18.7 Å². The van der Waals surface area contributed by atoms with E-state index in [0.29, 0.717) is 23.9 Å². The van der Waals surface area contributed by atoms with Crippen molar-refractivity contribution in [2.24, 2.45) is 11.3 Å². The predicted molar refractivity (Wildman–Crippen MR) is 83.5 cm³/mol. The van der Waals surface area contributed by atoms with Gasteiger partial charge >= 0.3 is 0 Å². The lowest BCUT2D eigenvalue weighted by molar-refractivity contribution is 0.00496.